The van der Waals surface area contributed by atoms with Crippen molar-refractivity contribution in [2.45, 2.75) is 0 Å². The molecule has 0 N–H and O–H groups in total. The first-order valence-electron chi connectivity index (χ1n) is 18.9. The number of benzene rings is 9. The van der Waals surface area contributed by atoms with Crippen molar-refractivity contribution in [3.05, 3.63) is 212 Å². The lowest BCUT2D eigenvalue weighted by Gasteiger charge is -2.13. The van der Waals surface area contributed by atoms with Gasteiger partial charge in [-0.1, -0.05) is 182 Å². The predicted molar refractivity (Wildman–Crippen MR) is 233 cm³/mol. The Morgan fingerprint density at radius 3 is 1.29 bits per heavy atom. The minimum absolute atomic E-state index is 0.626. The van der Waals surface area contributed by atoms with Crippen LogP contribution in [0.15, 0.2) is 212 Å². The summed E-state index contributed by atoms with van der Waals surface area (Å²) < 4.78 is 0. The Bertz CT molecular complexity index is 2990. The Labute approximate surface area is 326 Å². The molecule has 9 aromatic carbocycles. The topological polar surface area (TPSA) is 38.7 Å². The van der Waals surface area contributed by atoms with E-state index in [1.54, 1.807) is 0 Å². The molecule has 3 nitrogen and oxygen atoms in total. The summed E-state index contributed by atoms with van der Waals surface area (Å²) in [6.45, 7) is 0. The van der Waals surface area contributed by atoms with Gasteiger partial charge in [-0.3, -0.25) is 0 Å². The van der Waals surface area contributed by atoms with Gasteiger partial charge in [0.05, 0.1) is 0 Å². The molecule has 3 heteroatoms. The second kappa shape index (κ2) is 14.4. The first-order valence-corrected chi connectivity index (χ1v) is 18.9. The summed E-state index contributed by atoms with van der Waals surface area (Å²) in [7, 11) is 0. The van der Waals surface area contributed by atoms with Crippen molar-refractivity contribution in [3.8, 4) is 78.7 Å². The minimum Gasteiger partial charge on any atom is -0.208 e. The molecular formula is C53H35N3. The molecule has 0 aliphatic heterocycles. The highest BCUT2D eigenvalue weighted by molar-refractivity contribution is 5.99. The minimum atomic E-state index is 0.626. The number of aromatic nitrogens is 3. The third-order valence-corrected chi connectivity index (χ3v) is 10.5. The van der Waals surface area contributed by atoms with E-state index in [0.717, 1.165) is 55.3 Å². The summed E-state index contributed by atoms with van der Waals surface area (Å²) >= 11 is 0. The van der Waals surface area contributed by atoms with Crippen LogP contribution in [-0.4, -0.2) is 15.0 Å². The van der Waals surface area contributed by atoms with Crippen LogP contribution in [0.1, 0.15) is 0 Å². The summed E-state index contributed by atoms with van der Waals surface area (Å²) in [6.07, 6.45) is 0. The van der Waals surface area contributed by atoms with Gasteiger partial charge in [0.15, 0.2) is 17.5 Å². The number of rotatable bonds is 7. The molecule has 0 aliphatic carbocycles. The van der Waals surface area contributed by atoms with Crippen LogP contribution in [0.25, 0.3) is 100 Å². The Morgan fingerprint density at radius 1 is 0.214 bits per heavy atom. The maximum absolute atomic E-state index is 5.25. The average Bonchev–Trinajstić information content (AvgIpc) is 3.29. The van der Waals surface area contributed by atoms with Crippen LogP contribution in [0.3, 0.4) is 0 Å². The van der Waals surface area contributed by atoms with Gasteiger partial charge in [-0.25, -0.2) is 15.0 Å². The van der Waals surface area contributed by atoms with Crippen LogP contribution >= 0.6 is 0 Å². The fraction of sp³-hybridized carbons (Fsp3) is 0. The van der Waals surface area contributed by atoms with Crippen molar-refractivity contribution in [2.24, 2.45) is 0 Å². The molecular weight excluding hydrogens is 679 g/mol. The van der Waals surface area contributed by atoms with E-state index >= 15 is 0 Å². The quantitative estimate of drug-likeness (QED) is 0.165. The van der Waals surface area contributed by atoms with E-state index < -0.39 is 0 Å². The zero-order valence-electron chi connectivity index (χ0n) is 30.5. The highest BCUT2D eigenvalue weighted by Gasteiger charge is 2.17. The molecule has 10 aromatic rings. The molecule has 0 aliphatic rings. The van der Waals surface area contributed by atoms with E-state index in [9.17, 15) is 0 Å². The van der Waals surface area contributed by atoms with Gasteiger partial charge in [0.25, 0.3) is 0 Å². The molecule has 0 fully saturated rings. The Kier molecular flexibility index (Phi) is 8.51. The van der Waals surface area contributed by atoms with Crippen LogP contribution in [0.4, 0.5) is 0 Å². The van der Waals surface area contributed by atoms with Gasteiger partial charge in [-0.15, -0.1) is 0 Å². The lowest BCUT2D eigenvalue weighted by molar-refractivity contribution is 1.08. The molecule has 56 heavy (non-hydrogen) atoms. The zero-order chi connectivity index (χ0) is 37.3. The van der Waals surface area contributed by atoms with E-state index in [0.29, 0.717) is 17.5 Å². The molecule has 1 aromatic heterocycles. The maximum atomic E-state index is 5.25. The monoisotopic (exact) mass is 713 g/mol. The highest BCUT2D eigenvalue weighted by atomic mass is 15.0. The first kappa shape index (κ1) is 33.1. The molecule has 0 spiro atoms. The number of hydrogen-bond donors (Lipinski definition) is 0. The van der Waals surface area contributed by atoms with Crippen LogP contribution in [0, 0.1) is 0 Å². The normalized spacial score (nSPS) is 11.2. The number of fused-ring (bicyclic) bond motifs is 2. The largest absolute Gasteiger partial charge is 0.208 e. The van der Waals surface area contributed by atoms with Crippen molar-refractivity contribution < 1.29 is 0 Å². The number of nitrogens with zero attached hydrogens (tertiary/aromatic N) is 3. The Morgan fingerprint density at radius 2 is 0.625 bits per heavy atom. The number of hydrogen-bond acceptors (Lipinski definition) is 3. The first-order chi connectivity index (χ1) is 27.7. The Balaban J connectivity index is 1.10. The zero-order valence-corrected chi connectivity index (χ0v) is 30.5. The van der Waals surface area contributed by atoms with Gasteiger partial charge in [-0.05, 0) is 96.4 Å². The Hall–Kier alpha value is -7.49. The van der Waals surface area contributed by atoms with Crippen molar-refractivity contribution in [1.29, 1.82) is 0 Å². The molecule has 262 valence electrons. The smallest absolute Gasteiger partial charge is 0.164 e. The van der Waals surface area contributed by atoms with Crippen molar-refractivity contribution in [1.82, 2.24) is 15.0 Å². The van der Waals surface area contributed by atoms with Gasteiger partial charge >= 0.3 is 0 Å². The van der Waals surface area contributed by atoms with Gasteiger partial charge in [0.1, 0.15) is 0 Å². The molecule has 10 rings (SSSR count). The third-order valence-electron chi connectivity index (χ3n) is 10.5. The van der Waals surface area contributed by atoms with Crippen molar-refractivity contribution >= 4 is 21.5 Å². The molecule has 0 unspecified atom stereocenters. The van der Waals surface area contributed by atoms with E-state index in [1.165, 1.54) is 27.5 Å². The molecule has 0 atom stereocenters. The standard InChI is InChI=1S/C53H35N3/c1-4-13-36(14-5-1)39-23-25-40(26-24-39)51-54-52(56-53(55-51)50-35-48(38-17-8-3-9-18-38)34-46-19-10-11-22-49(46)50)47-21-12-20-41(33-47)43-29-30-44-31-42(27-28-45(44)32-43)37-15-6-2-7-16-37/h1-35H. The predicted octanol–water partition coefficient (Wildman–Crippen LogP) is 13.8. The highest BCUT2D eigenvalue weighted by Crippen LogP contribution is 2.36. The van der Waals surface area contributed by atoms with Gasteiger partial charge in [0, 0.05) is 16.7 Å². The molecule has 0 saturated heterocycles. The SMILES string of the molecule is c1ccc(-c2ccc(-c3nc(-c4cccc(-c5ccc6cc(-c7ccccc7)ccc6c5)c4)nc(-c4cc(-c5ccccc5)cc5ccccc45)n3)cc2)cc1. The van der Waals surface area contributed by atoms with E-state index in [4.69, 9.17) is 15.0 Å². The van der Waals surface area contributed by atoms with Crippen molar-refractivity contribution in [2.75, 3.05) is 0 Å². The molecule has 1 heterocycles. The van der Waals surface area contributed by atoms with Gasteiger partial charge in [-0.2, -0.15) is 0 Å². The summed E-state index contributed by atoms with van der Waals surface area (Å²) in [5.74, 6) is 1.89. The second-order valence-electron chi connectivity index (χ2n) is 14.1. The summed E-state index contributed by atoms with van der Waals surface area (Å²) in [5.41, 5.74) is 12.1. The fourth-order valence-corrected chi connectivity index (χ4v) is 7.56. The molecule has 0 amide bonds. The van der Waals surface area contributed by atoms with E-state index in [2.05, 4.69) is 200 Å². The van der Waals surface area contributed by atoms with E-state index in [-0.39, 0.29) is 0 Å². The van der Waals surface area contributed by atoms with Crippen LogP contribution in [-0.2, 0) is 0 Å². The molecule has 0 radical (unpaired) electrons. The van der Waals surface area contributed by atoms with Crippen molar-refractivity contribution in [3.63, 3.8) is 0 Å². The van der Waals surface area contributed by atoms with E-state index in [1.807, 2.05) is 12.1 Å². The van der Waals surface area contributed by atoms with Crippen LogP contribution in [0.2, 0.25) is 0 Å². The lowest BCUT2D eigenvalue weighted by Crippen LogP contribution is -2.01. The molecule has 0 saturated carbocycles. The second-order valence-corrected chi connectivity index (χ2v) is 14.1. The summed E-state index contributed by atoms with van der Waals surface area (Å²) in [6, 6.07) is 74.8. The fourth-order valence-electron chi connectivity index (χ4n) is 7.56. The molecule has 0 bridgehead atoms. The summed E-state index contributed by atoms with van der Waals surface area (Å²) in [5, 5.41) is 4.63. The summed E-state index contributed by atoms with van der Waals surface area (Å²) in [4.78, 5) is 15.6. The lowest BCUT2D eigenvalue weighted by atomic mass is 9.96. The van der Waals surface area contributed by atoms with Crippen LogP contribution in [0.5, 0.6) is 0 Å². The van der Waals surface area contributed by atoms with Gasteiger partial charge in [0.2, 0.25) is 0 Å². The van der Waals surface area contributed by atoms with Crippen LogP contribution < -0.4 is 0 Å². The average molecular weight is 714 g/mol. The van der Waals surface area contributed by atoms with Gasteiger partial charge < -0.3 is 0 Å². The third kappa shape index (κ3) is 6.52. The maximum Gasteiger partial charge on any atom is 0.164 e.